The minimum absolute atomic E-state index is 0.545. The van der Waals surface area contributed by atoms with Crippen LogP contribution < -0.4 is 21.3 Å². The standard InChI is InChI=1S/C27H48N6S/c1-3-33(4-2)15-16-34-23-17-21-19-30-26-11-7-5-9-24(26)28-13-14-29-25-10-6-8-12-27(25)31-20-22(18-23)32-21/h17-18,24-31H,3-16,19-20H2,1-2H3/t24-,25?,26+,27?/m1/s1. The molecule has 1 aliphatic heterocycles. The molecular weight excluding hydrogens is 440 g/mol. The van der Waals surface area contributed by atoms with Gasteiger partial charge in [0.15, 0.2) is 0 Å². The van der Waals surface area contributed by atoms with Crippen LogP contribution in [0.5, 0.6) is 0 Å². The summed E-state index contributed by atoms with van der Waals surface area (Å²) in [6, 6.07) is 6.90. The molecule has 2 saturated carbocycles. The molecular formula is C27H48N6S. The first-order chi connectivity index (χ1) is 16.7. The molecule has 2 fully saturated rings. The molecule has 0 aromatic carbocycles. The summed E-state index contributed by atoms with van der Waals surface area (Å²) in [6.45, 7) is 11.8. The van der Waals surface area contributed by atoms with Gasteiger partial charge in [-0.1, -0.05) is 39.5 Å². The Hall–Kier alpha value is -0.700. The number of fused-ring (bicyclic) bond motifs is 4. The van der Waals surface area contributed by atoms with Gasteiger partial charge in [0.25, 0.3) is 0 Å². The van der Waals surface area contributed by atoms with E-state index in [9.17, 15) is 0 Å². The minimum atomic E-state index is 0.545. The zero-order chi connectivity index (χ0) is 23.6. The molecule has 1 aromatic heterocycles. The second-order valence-electron chi connectivity index (χ2n) is 10.3. The topological polar surface area (TPSA) is 64.2 Å². The zero-order valence-electron chi connectivity index (χ0n) is 21.6. The van der Waals surface area contributed by atoms with E-state index in [0.717, 1.165) is 51.6 Å². The Morgan fingerprint density at radius 3 is 1.71 bits per heavy atom. The molecule has 2 unspecified atom stereocenters. The number of aromatic nitrogens is 1. The average molecular weight is 489 g/mol. The molecule has 0 spiro atoms. The van der Waals surface area contributed by atoms with E-state index in [1.54, 1.807) is 0 Å². The number of rotatable bonds is 6. The monoisotopic (exact) mass is 488 g/mol. The van der Waals surface area contributed by atoms with Crippen molar-refractivity contribution in [1.82, 2.24) is 31.2 Å². The molecule has 0 amide bonds. The van der Waals surface area contributed by atoms with E-state index in [-0.39, 0.29) is 0 Å². The third kappa shape index (κ3) is 7.90. The average Bonchev–Trinajstić information content (AvgIpc) is 2.87. The Kier molecular flexibility index (Phi) is 11.0. The molecule has 7 heteroatoms. The molecule has 4 rings (SSSR count). The molecule has 2 heterocycles. The number of hydrogen-bond acceptors (Lipinski definition) is 7. The summed E-state index contributed by atoms with van der Waals surface area (Å²) in [7, 11) is 0. The third-order valence-electron chi connectivity index (χ3n) is 8.04. The summed E-state index contributed by atoms with van der Waals surface area (Å²) in [4.78, 5) is 8.98. The highest BCUT2D eigenvalue weighted by Gasteiger charge is 2.26. The molecule has 0 radical (unpaired) electrons. The van der Waals surface area contributed by atoms with Gasteiger partial charge in [-0.05, 0) is 50.9 Å². The third-order valence-corrected chi connectivity index (χ3v) is 8.99. The molecule has 1 aromatic rings. The highest BCUT2D eigenvalue weighted by molar-refractivity contribution is 7.99. The SMILES string of the molecule is CCN(CC)CCSc1cc2nc(c1)CN[C@H]1CCCC[C@H]1NCCNC1CCCCC1NC2. The first-order valence-corrected chi connectivity index (χ1v) is 15.0. The summed E-state index contributed by atoms with van der Waals surface area (Å²) in [5, 5.41) is 15.5. The second-order valence-corrected chi connectivity index (χ2v) is 11.5. The summed E-state index contributed by atoms with van der Waals surface area (Å²) >= 11 is 1.99. The lowest BCUT2D eigenvalue weighted by Gasteiger charge is -2.34. The molecule has 3 aliphatic rings. The number of hydrogen-bond donors (Lipinski definition) is 4. The Labute approximate surface area is 212 Å². The maximum Gasteiger partial charge on any atom is 0.0556 e. The van der Waals surface area contributed by atoms with Gasteiger partial charge in [0.05, 0.1) is 11.4 Å². The van der Waals surface area contributed by atoms with Crippen molar-refractivity contribution in [3.05, 3.63) is 23.5 Å². The fourth-order valence-electron chi connectivity index (χ4n) is 5.94. The van der Waals surface area contributed by atoms with E-state index in [1.165, 1.54) is 67.6 Å². The van der Waals surface area contributed by atoms with Gasteiger partial charge in [-0.3, -0.25) is 4.98 Å². The van der Waals surface area contributed by atoms with Gasteiger partial charge in [-0.25, -0.2) is 0 Å². The highest BCUT2D eigenvalue weighted by Crippen LogP contribution is 2.23. The lowest BCUT2D eigenvalue weighted by atomic mass is 9.89. The van der Waals surface area contributed by atoms with Gasteiger partial charge in [0.2, 0.25) is 0 Å². The lowest BCUT2D eigenvalue weighted by Crippen LogP contribution is -2.53. The van der Waals surface area contributed by atoms with Crippen LogP contribution in [0, 0.1) is 0 Å². The van der Waals surface area contributed by atoms with E-state index < -0.39 is 0 Å². The largest absolute Gasteiger partial charge is 0.311 e. The van der Waals surface area contributed by atoms with Crippen LogP contribution in [0.1, 0.15) is 76.6 Å². The van der Waals surface area contributed by atoms with Crippen molar-refractivity contribution in [2.45, 2.75) is 107 Å². The van der Waals surface area contributed by atoms with Crippen LogP contribution >= 0.6 is 11.8 Å². The van der Waals surface area contributed by atoms with Gasteiger partial charge in [0.1, 0.15) is 0 Å². The molecule has 2 bridgehead atoms. The fraction of sp³-hybridized carbons (Fsp3) is 0.815. The van der Waals surface area contributed by atoms with Crippen molar-refractivity contribution >= 4 is 11.8 Å². The number of thioether (sulfide) groups is 1. The maximum absolute atomic E-state index is 5.11. The fourth-order valence-corrected chi connectivity index (χ4v) is 6.97. The predicted octanol–water partition coefficient (Wildman–Crippen LogP) is 3.51. The van der Waals surface area contributed by atoms with Gasteiger partial charge in [-0.15, -0.1) is 11.8 Å². The Balaban J connectivity index is 1.48. The first kappa shape index (κ1) is 26.4. The minimum Gasteiger partial charge on any atom is -0.311 e. The van der Waals surface area contributed by atoms with E-state index in [1.807, 2.05) is 11.8 Å². The van der Waals surface area contributed by atoms with E-state index in [2.05, 4.69) is 52.1 Å². The summed E-state index contributed by atoms with van der Waals surface area (Å²) in [5.74, 6) is 1.13. The summed E-state index contributed by atoms with van der Waals surface area (Å²) < 4.78 is 0. The number of nitrogens with zero attached hydrogens (tertiary/aromatic N) is 2. The molecule has 0 saturated heterocycles. The second kappa shape index (κ2) is 14.1. The Bertz CT molecular complexity index is 679. The van der Waals surface area contributed by atoms with Crippen molar-refractivity contribution in [1.29, 1.82) is 0 Å². The van der Waals surface area contributed by atoms with Crippen molar-refractivity contribution in [2.75, 3.05) is 38.5 Å². The van der Waals surface area contributed by atoms with Crippen LogP contribution in [-0.4, -0.2) is 72.5 Å². The number of pyridine rings is 1. The summed E-state index contributed by atoms with van der Waals surface area (Å²) in [5.41, 5.74) is 2.39. The number of nitrogens with one attached hydrogen (secondary N) is 4. The lowest BCUT2D eigenvalue weighted by molar-refractivity contribution is 0.266. The van der Waals surface area contributed by atoms with Crippen molar-refractivity contribution in [3.63, 3.8) is 0 Å². The summed E-state index contributed by atoms with van der Waals surface area (Å²) in [6.07, 6.45) is 10.5. The van der Waals surface area contributed by atoms with Crippen LogP contribution in [0.2, 0.25) is 0 Å². The molecule has 4 N–H and O–H groups in total. The molecule has 6 nitrogen and oxygen atoms in total. The van der Waals surface area contributed by atoms with Crippen LogP contribution in [0.4, 0.5) is 0 Å². The van der Waals surface area contributed by atoms with Crippen molar-refractivity contribution < 1.29 is 0 Å². The van der Waals surface area contributed by atoms with E-state index in [4.69, 9.17) is 4.98 Å². The van der Waals surface area contributed by atoms with Crippen LogP contribution in [0.15, 0.2) is 17.0 Å². The predicted molar refractivity (Wildman–Crippen MR) is 145 cm³/mol. The van der Waals surface area contributed by atoms with Gasteiger partial charge >= 0.3 is 0 Å². The van der Waals surface area contributed by atoms with Crippen molar-refractivity contribution in [3.8, 4) is 0 Å². The maximum atomic E-state index is 5.11. The first-order valence-electron chi connectivity index (χ1n) is 14.0. The smallest absolute Gasteiger partial charge is 0.0556 e. The van der Waals surface area contributed by atoms with Crippen LogP contribution in [0.25, 0.3) is 0 Å². The molecule has 34 heavy (non-hydrogen) atoms. The van der Waals surface area contributed by atoms with Crippen LogP contribution in [0.3, 0.4) is 0 Å². The quantitative estimate of drug-likeness (QED) is 0.457. The van der Waals surface area contributed by atoms with Gasteiger partial charge in [0, 0.05) is 67.5 Å². The van der Waals surface area contributed by atoms with Gasteiger partial charge in [-0.2, -0.15) is 0 Å². The Morgan fingerprint density at radius 1 is 0.765 bits per heavy atom. The molecule has 4 atom stereocenters. The van der Waals surface area contributed by atoms with Crippen molar-refractivity contribution in [2.24, 2.45) is 0 Å². The highest BCUT2D eigenvalue weighted by atomic mass is 32.2. The van der Waals surface area contributed by atoms with Crippen LogP contribution in [-0.2, 0) is 13.1 Å². The van der Waals surface area contributed by atoms with E-state index in [0.29, 0.717) is 24.2 Å². The Morgan fingerprint density at radius 2 is 1.24 bits per heavy atom. The molecule has 192 valence electrons. The molecule has 2 aliphatic carbocycles. The van der Waals surface area contributed by atoms with E-state index >= 15 is 0 Å². The zero-order valence-corrected chi connectivity index (χ0v) is 22.4. The van der Waals surface area contributed by atoms with Gasteiger partial charge < -0.3 is 26.2 Å². The normalized spacial score (nSPS) is 29.0.